The van der Waals surface area contributed by atoms with Crippen LogP contribution in [0.4, 0.5) is 4.39 Å². The van der Waals surface area contributed by atoms with Crippen molar-refractivity contribution in [1.82, 2.24) is 15.1 Å². The Labute approximate surface area is 115 Å². The summed E-state index contributed by atoms with van der Waals surface area (Å²) in [5.41, 5.74) is 1.17. The molecule has 0 atom stereocenters. The summed E-state index contributed by atoms with van der Waals surface area (Å²) in [4.78, 5) is 11.7. The standard InChI is InChI=1S/C13H12FN3O.ClH/c14-10-3-1-2-9(6-10)12-4-5-13(18)17(16-12)11-7-15-8-11;/h1-6,11,15H,7-8H2;1H. The predicted molar refractivity (Wildman–Crippen MR) is 73.0 cm³/mol. The zero-order valence-electron chi connectivity index (χ0n) is 10.0. The van der Waals surface area contributed by atoms with Gasteiger partial charge in [-0.2, -0.15) is 5.10 Å². The summed E-state index contributed by atoms with van der Waals surface area (Å²) in [7, 11) is 0. The van der Waals surface area contributed by atoms with Crippen LogP contribution >= 0.6 is 12.4 Å². The first-order valence-corrected chi connectivity index (χ1v) is 5.80. The van der Waals surface area contributed by atoms with Crippen LogP contribution in [-0.2, 0) is 0 Å². The minimum Gasteiger partial charge on any atom is -0.312 e. The summed E-state index contributed by atoms with van der Waals surface area (Å²) < 4.78 is 14.6. The van der Waals surface area contributed by atoms with Crippen molar-refractivity contribution in [1.29, 1.82) is 0 Å². The molecule has 1 N–H and O–H groups in total. The maximum atomic E-state index is 13.2. The van der Waals surface area contributed by atoms with Gasteiger partial charge in [0.25, 0.3) is 5.56 Å². The van der Waals surface area contributed by atoms with Crippen LogP contribution in [0.25, 0.3) is 11.3 Å². The molecule has 6 heteroatoms. The van der Waals surface area contributed by atoms with E-state index in [1.807, 2.05) is 0 Å². The minimum absolute atomic E-state index is 0. The Kier molecular flexibility index (Phi) is 3.97. The van der Waals surface area contributed by atoms with Crippen molar-refractivity contribution < 1.29 is 4.39 Å². The maximum absolute atomic E-state index is 13.2. The van der Waals surface area contributed by atoms with Gasteiger partial charge >= 0.3 is 0 Å². The summed E-state index contributed by atoms with van der Waals surface area (Å²) in [6.07, 6.45) is 0. The quantitative estimate of drug-likeness (QED) is 0.910. The average Bonchev–Trinajstić information content (AvgIpc) is 2.29. The Hall–Kier alpha value is -1.72. The Morgan fingerprint density at radius 3 is 2.68 bits per heavy atom. The molecular formula is C13H13ClFN3O. The van der Waals surface area contributed by atoms with Crippen molar-refractivity contribution in [3.63, 3.8) is 0 Å². The molecule has 0 radical (unpaired) electrons. The predicted octanol–water partition coefficient (Wildman–Crippen LogP) is 1.62. The second kappa shape index (κ2) is 5.50. The van der Waals surface area contributed by atoms with Gasteiger partial charge in [0, 0.05) is 24.7 Å². The van der Waals surface area contributed by atoms with Crippen molar-refractivity contribution in [2.45, 2.75) is 6.04 Å². The Morgan fingerprint density at radius 1 is 1.26 bits per heavy atom. The van der Waals surface area contributed by atoms with E-state index in [9.17, 15) is 9.18 Å². The molecule has 1 aliphatic heterocycles. The highest BCUT2D eigenvalue weighted by atomic mass is 35.5. The first-order valence-electron chi connectivity index (χ1n) is 5.80. The number of nitrogens with one attached hydrogen (secondary N) is 1. The second-order valence-electron chi connectivity index (χ2n) is 4.32. The monoisotopic (exact) mass is 281 g/mol. The number of hydrogen-bond acceptors (Lipinski definition) is 3. The van der Waals surface area contributed by atoms with Crippen LogP contribution < -0.4 is 10.9 Å². The topological polar surface area (TPSA) is 46.9 Å². The SMILES string of the molecule is Cl.O=c1ccc(-c2cccc(F)c2)nn1C1CNC1. The molecule has 0 bridgehead atoms. The minimum atomic E-state index is -0.308. The highest BCUT2D eigenvalue weighted by Gasteiger charge is 2.21. The molecule has 2 aromatic rings. The van der Waals surface area contributed by atoms with E-state index < -0.39 is 0 Å². The zero-order chi connectivity index (χ0) is 12.5. The van der Waals surface area contributed by atoms with Gasteiger partial charge in [0.1, 0.15) is 5.82 Å². The lowest BCUT2D eigenvalue weighted by atomic mass is 10.1. The number of benzene rings is 1. The van der Waals surface area contributed by atoms with E-state index in [4.69, 9.17) is 0 Å². The molecule has 0 amide bonds. The largest absolute Gasteiger partial charge is 0.312 e. The van der Waals surface area contributed by atoms with Gasteiger partial charge in [-0.25, -0.2) is 9.07 Å². The number of hydrogen-bond donors (Lipinski definition) is 1. The summed E-state index contributed by atoms with van der Waals surface area (Å²) in [6.45, 7) is 1.50. The van der Waals surface area contributed by atoms with Gasteiger partial charge in [-0.3, -0.25) is 4.79 Å². The van der Waals surface area contributed by atoms with E-state index in [2.05, 4.69) is 10.4 Å². The number of aromatic nitrogens is 2. The van der Waals surface area contributed by atoms with Gasteiger partial charge in [0.05, 0.1) is 11.7 Å². The zero-order valence-corrected chi connectivity index (χ0v) is 10.9. The van der Waals surface area contributed by atoms with E-state index in [1.54, 1.807) is 18.2 Å². The van der Waals surface area contributed by atoms with Crippen LogP contribution in [0.2, 0.25) is 0 Å². The van der Waals surface area contributed by atoms with E-state index in [1.165, 1.54) is 22.9 Å². The fraction of sp³-hybridized carbons (Fsp3) is 0.231. The van der Waals surface area contributed by atoms with Crippen LogP contribution in [0.1, 0.15) is 6.04 Å². The van der Waals surface area contributed by atoms with Crippen molar-refractivity contribution in [2.75, 3.05) is 13.1 Å². The van der Waals surface area contributed by atoms with Crippen molar-refractivity contribution in [3.05, 3.63) is 52.6 Å². The van der Waals surface area contributed by atoms with Gasteiger partial charge in [-0.1, -0.05) is 12.1 Å². The van der Waals surface area contributed by atoms with Crippen molar-refractivity contribution in [3.8, 4) is 11.3 Å². The molecule has 0 spiro atoms. The molecule has 100 valence electrons. The summed E-state index contributed by atoms with van der Waals surface area (Å²) in [5, 5.41) is 7.40. The van der Waals surface area contributed by atoms with Crippen LogP contribution in [0.5, 0.6) is 0 Å². The van der Waals surface area contributed by atoms with Crippen LogP contribution in [0.15, 0.2) is 41.2 Å². The summed E-state index contributed by atoms with van der Waals surface area (Å²) in [5.74, 6) is -0.308. The highest BCUT2D eigenvalue weighted by molar-refractivity contribution is 5.85. The lowest BCUT2D eigenvalue weighted by Gasteiger charge is -2.27. The molecule has 0 aliphatic carbocycles. The molecule has 4 nitrogen and oxygen atoms in total. The number of rotatable bonds is 2. The Morgan fingerprint density at radius 2 is 2.05 bits per heavy atom. The molecule has 1 fully saturated rings. The van der Waals surface area contributed by atoms with Gasteiger partial charge in [0.2, 0.25) is 0 Å². The lowest BCUT2D eigenvalue weighted by Crippen LogP contribution is -2.47. The molecule has 1 aliphatic rings. The normalized spacial score (nSPS) is 14.6. The van der Waals surface area contributed by atoms with Gasteiger partial charge < -0.3 is 5.32 Å². The maximum Gasteiger partial charge on any atom is 0.267 e. The van der Waals surface area contributed by atoms with E-state index >= 15 is 0 Å². The average molecular weight is 282 g/mol. The molecule has 19 heavy (non-hydrogen) atoms. The van der Waals surface area contributed by atoms with E-state index in [-0.39, 0.29) is 29.8 Å². The fourth-order valence-electron chi connectivity index (χ4n) is 1.94. The van der Waals surface area contributed by atoms with Crippen molar-refractivity contribution in [2.24, 2.45) is 0 Å². The first-order chi connectivity index (χ1) is 8.74. The van der Waals surface area contributed by atoms with Gasteiger partial charge in [0.15, 0.2) is 0 Å². The fourth-order valence-corrected chi connectivity index (χ4v) is 1.94. The lowest BCUT2D eigenvalue weighted by molar-refractivity contribution is 0.307. The first kappa shape index (κ1) is 13.7. The third-order valence-electron chi connectivity index (χ3n) is 3.05. The van der Waals surface area contributed by atoms with Gasteiger partial charge in [-0.15, -0.1) is 12.4 Å². The van der Waals surface area contributed by atoms with E-state index in [0.29, 0.717) is 11.3 Å². The Bertz CT molecular complexity index is 640. The number of nitrogens with zero attached hydrogens (tertiary/aromatic N) is 2. The highest BCUT2D eigenvalue weighted by Crippen LogP contribution is 2.17. The summed E-state index contributed by atoms with van der Waals surface area (Å²) in [6, 6.07) is 9.41. The molecule has 1 aromatic heterocycles. The Balaban J connectivity index is 0.00000133. The second-order valence-corrected chi connectivity index (χ2v) is 4.32. The van der Waals surface area contributed by atoms with Crippen molar-refractivity contribution >= 4 is 12.4 Å². The van der Waals surface area contributed by atoms with Crippen LogP contribution in [-0.4, -0.2) is 22.9 Å². The molecule has 0 saturated carbocycles. The third-order valence-corrected chi connectivity index (χ3v) is 3.05. The smallest absolute Gasteiger partial charge is 0.267 e. The molecule has 3 rings (SSSR count). The van der Waals surface area contributed by atoms with Crippen LogP contribution in [0, 0.1) is 5.82 Å². The third kappa shape index (κ3) is 2.67. The summed E-state index contributed by atoms with van der Waals surface area (Å²) >= 11 is 0. The van der Waals surface area contributed by atoms with Crippen LogP contribution in [0.3, 0.4) is 0 Å². The van der Waals surface area contributed by atoms with Gasteiger partial charge in [-0.05, 0) is 18.2 Å². The molecular weight excluding hydrogens is 269 g/mol. The molecule has 1 aromatic carbocycles. The molecule has 1 saturated heterocycles. The molecule has 0 unspecified atom stereocenters. The molecule has 2 heterocycles. The number of halogens is 2. The van der Waals surface area contributed by atoms with E-state index in [0.717, 1.165) is 13.1 Å².